The minimum Gasteiger partial charge on any atom is -0.461 e. The maximum absolute atomic E-state index is 11.5. The molecule has 0 saturated carbocycles. The molecule has 0 unspecified atom stereocenters. The van der Waals surface area contributed by atoms with Crippen molar-refractivity contribution in [3.63, 3.8) is 0 Å². The second-order valence-electron chi connectivity index (χ2n) is 2.73. The van der Waals surface area contributed by atoms with Crippen LogP contribution >= 0.6 is 11.3 Å². The summed E-state index contributed by atoms with van der Waals surface area (Å²) in [6.07, 6.45) is 0.314. The summed E-state index contributed by atoms with van der Waals surface area (Å²) in [5.41, 5.74) is 5.49. The first-order valence-electron chi connectivity index (χ1n) is 4.56. The average molecular weight is 228 g/mol. The summed E-state index contributed by atoms with van der Waals surface area (Å²) in [6.45, 7) is 3.65. The molecule has 0 atom stereocenters. The number of anilines is 1. The Morgan fingerprint density at radius 2 is 2.13 bits per heavy atom. The fourth-order valence-electron chi connectivity index (χ4n) is 1.02. The third-order valence-electron chi connectivity index (χ3n) is 1.69. The Kier molecular flexibility index (Phi) is 3.79. The van der Waals surface area contributed by atoms with Crippen molar-refractivity contribution in [2.24, 2.45) is 0 Å². The Balaban J connectivity index is 3.06. The fourth-order valence-corrected chi connectivity index (χ4v) is 1.85. The van der Waals surface area contributed by atoms with Gasteiger partial charge in [0.15, 0.2) is 16.6 Å². The van der Waals surface area contributed by atoms with E-state index >= 15 is 0 Å². The fraction of sp³-hybridized carbons (Fsp3) is 0.444. The second-order valence-corrected chi connectivity index (χ2v) is 3.76. The van der Waals surface area contributed by atoms with Crippen molar-refractivity contribution >= 4 is 28.2 Å². The number of aromatic nitrogens is 1. The Labute approximate surface area is 91.3 Å². The number of carbonyl (C=O) groups is 2. The van der Waals surface area contributed by atoms with Gasteiger partial charge in [-0.1, -0.05) is 18.3 Å². The molecular formula is C9H12N2O3S. The van der Waals surface area contributed by atoms with E-state index in [1.54, 1.807) is 13.8 Å². The van der Waals surface area contributed by atoms with Gasteiger partial charge < -0.3 is 10.5 Å². The first-order chi connectivity index (χ1) is 7.10. The third-order valence-corrected chi connectivity index (χ3v) is 2.61. The predicted molar refractivity (Wildman–Crippen MR) is 57.1 cm³/mol. The molecule has 1 aromatic rings. The van der Waals surface area contributed by atoms with Crippen LogP contribution in [0.5, 0.6) is 0 Å². The molecule has 1 rings (SSSR count). The van der Waals surface area contributed by atoms with Crippen LogP contribution in [0.4, 0.5) is 5.13 Å². The number of hydrogen-bond donors (Lipinski definition) is 1. The number of esters is 1. The van der Waals surface area contributed by atoms with Crippen molar-refractivity contribution in [3.05, 3.63) is 10.6 Å². The molecule has 0 aliphatic carbocycles. The van der Waals surface area contributed by atoms with E-state index in [2.05, 4.69) is 4.98 Å². The van der Waals surface area contributed by atoms with E-state index in [1.807, 2.05) is 0 Å². The number of Topliss-reactive ketones (excluding diaryl/α,β-unsaturated/α-hetero) is 1. The molecule has 0 aliphatic rings. The zero-order valence-corrected chi connectivity index (χ0v) is 9.39. The number of nitrogens with two attached hydrogens (primary N) is 1. The highest BCUT2D eigenvalue weighted by atomic mass is 32.1. The van der Waals surface area contributed by atoms with Crippen LogP contribution in [0.3, 0.4) is 0 Å². The van der Waals surface area contributed by atoms with Crippen LogP contribution in [0.1, 0.15) is 40.4 Å². The molecule has 1 aromatic heterocycles. The molecule has 0 aliphatic heterocycles. The maximum atomic E-state index is 11.5. The Hall–Kier alpha value is -1.43. The summed E-state index contributed by atoms with van der Waals surface area (Å²) in [6, 6.07) is 0. The molecule has 1 heterocycles. The van der Waals surface area contributed by atoms with E-state index in [1.165, 1.54) is 0 Å². The summed E-state index contributed by atoms with van der Waals surface area (Å²) < 4.78 is 4.77. The van der Waals surface area contributed by atoms with Gasteiger partial charge in [-0.15, -0.1) is 0 Å². The highest BCUT2D eigenvalue weighted by Crippen LogP contribution is 2.22. The van der Waals surface area contributed by atoms with E-state index in [9.17, 15) is 9.59 Å². The smallest absolute Gasteiger partial charge is 0.358 e. The van der Waals surface area contributed by atoms with Gasteiger partial charge in [-0.25, -0.2) is 9.78 Å². The van der Waals surface area contributed by atoms with Crippen LogP contribution < -0.4 is 5.73 Å². The average Bonchev–Trinajstić information content (AvgIpc) is 2.59. The van der Waals surface area contributed by atoms with Crippen molar-refractivity contribution in [3.8, 4) is 0 Å². The van der Waals surface area contributed by atoms with Gasteiger partial charge in [0.05, 0.1) is 6.61 Å². The van der Waals surface area contributed by atoms with Crippen LogP contribution in [-0.2, 0) is 4.74 Å². The molecule has 0 spiro atoms. The van der Waals surface area contributed by atoms with Crippen molar-refractivity contribution in [2.75, 3.05) is 12.3 Å². The first-order valence-corrected chi connectivity index (χ1v) is 5.38. The van der Waals surface area contributed by atoms with E-state index in [-0.39, 0.29) is 28.1 Å². The van der Waals surface area contributed by atoms with E-state index in [4.69, 9.17) is 10.5 Å². The van der Waals surface area contributed by atoms with Crippen molar-refractivity contribution < 1.29 is 14.3 Å². The SMILES string of the molecule is CCOC(=O)c1nc(N)sc1C(=O)CC. The van der Waals surface area contributed by atoms with E-state index < -0.39 is 5.97 Å². The summed E-state index contributed by atoms with van der Waals surface area (Å²) >= 11 is 1.02. The molecule has 6 heteroatoms. The maximum Gasteiger partial charge on any atom is 0.358 e. The Morgan fingerprint density at radius 1 is 1.47 bits per heavy atom. The first kappa shape index (κ1) is 11.6. The summed E-state index contributed by atoms with van der Waals surface area (Å²) in [5, 5.41) is 0.204. The Morgan fingerprint density at radius 3 is 2.67 bits per heavy atom. The molecule has 82 valence electrons. The van der Waals surface area contributed by atoms with Crippen molar-refractivity contribution in [2.45, 2.75) is 20.3 Å². The number of hydrogen-bond acceptors (Lipinski definition) is 6. The van der Waals surface area contributed by atoms with Crippen LogP contribution in [0.2, 0.25) is 0 Å². The normalized spacial score (nSPS) is 10.0. The topological polar surface area (TPSA) is 82.3 Å². The van der Waals surface area contributed by atoms with E-state index in [0.717, 1.165) is 11.3 Å². The number of thiazole rings is 1. The molecule has 0 fully saturated rings. The van der Waals surface area contributed by atoms with Gasteiger partial charge in [-0.2, -0.15) is 0 Å². The van der Waals surface area contributed by atoms with Crippen LogP contribution in [-0.4, -0.2) is 23.3 Å². The van der Waals surface area contributed by atoms with Gasteiger partial charge in [0.25, 0.3) is 0 Å². The highest BCUT2D eigenvalue weighted by Gasteiger charge is 2.22. The summed E-state index contributed by atoms with van der Waals surface area (Å²) in [7, 11) is 0. The number of rotatable bonds is 4. The van der Waals surface area contributed by atoms with Crippen molar-refractivity contribution in [1.82, 2.24) is 4.98 Å². The predicted octanol–water partition coefficient (Wildman–Crippen LogP) is 1.49. The molecule has 2 N–H and O–H groups in total. The summed E-state index contributed by atoms with van der Waals surface area (Å²) in [5.74, 6) is -0.741. The number of nitrogens with zero attached hydrogens (tertiary/aromatic N) is 1. The second kappa shape index (κ2) is 4.88. The largest absolute Gasteiger partial charge is 0.461 e. The molecule has 0 saturated heterocycles. The molecule has 0 amide bonds. The Bertz CT molecular complexity index is 387. The zero-order chi connectivity index (χ0) is 11.4. The van der Waals surface area contributed by atoms with Crippen LogP contribution in [0, 0.1) is 0 Å². The lowest BCUT2D eigenvalue weighted by atomic mass is 10.2. The molecule has 0 radical (unpaired) electrons. The monoisotopic (exact) mass is 228 g/mol. The lowest BCUT2D eigenvalue weighted by molar-refractivity contribution is 0.0517. The number of nitrogen functional groups attached to an aromatic ring is 1. The lowest BCUT2D eigenvalue weighted by Gasteiger charge is -1.99. The zero-order valence-electron chi connectivity index (χ0n) is 8.57. The molecular weight excluding hydrogens is 216 g/mol. The summed E-state index contributed by atoms with van der Waals surface area (Å²) in [4.78, 5) is 27.0. The van der Waals surface area contributed by atoms with Gasteiger partial charge in [-0.3, -0.25) is 4.79 Å². The molecule has 0 aromatic carbocycles. The molecule has 5 nitrogen and oxygen atoms in total. The minimum atomic E-state index is -0.595. The standard InChI is InChI=1S/C9H12N2O3S/c1-3-5(12)7-6(8(13)14-4-2)11-9(10)15-7/h3-4H2,1-2H3,(H2,10,11). The number of ether oxygens (including phenoxy) is 1. The van der Waals surface area contributed by atoms with E-state index in [0.29, 0.717) is 6.42 Å². The number of ketones is 1. The van der Waals surface area contributed by atoms with Crippen LogP contribution in [0.25, 0.3) is 0 Å². The van der Waals surface area contributed by atoms with Crippen LogP contribution in [0.15, 0.2) is 0 Å². The number of carbonyl (C=O) groups excluding carboxylic acids is 2. The minimum absolute atomic E-state index is 0.0335. The van der Waals surface area contributed by atoms with Gasteiger partial charge >= 0.3 is 5.97 Å². The van der Waals surface area contributed by atoms with Gasteiger partial charge in [0, 0.05) is 6.42 Å². The van der Waals surface area contributed by atoms with Gasteiger partial charge in [-0.05, 0) is 6.92 Å². The molecule has 0 bridgehead atoms. The van der Waals surface area contributed by atoms with Crippen molar-refractivity contribution in [1.29, 1.82) is 0 Å². The van der Waals surface area contributed by atoms with Gasteiger partial charge in [0.2, 0.25) is 0 Å². The third kappa shape index (κ3) is 2.53. The molecule has 15 heavy (non-hydrogen) atoms. The highest BCUT2D eigenvalue weighted by molar-refractivity contribution is 7.17. The lowest BCUT2D eigenvalue weighted by Crippen LogP contribution is -2.10. The quantitative estimate of drug-likeness (QED) is 0.623. The van der Waals surface area contributed by atoms with Gasteiger partial charge in [0.1, 0.15) is 4.88 Å².